The largest absolute Gasteiger partial charge is 0.496 e. The second-order valence-electron chi connectivity index (χ2n) is 12.6. The lowest BCUT2D eigenvalue weighted by atomic mass is 9.87. The summed E-state index contributed by atoms with van der Waals surface area (Å²) in [5.41, 5.74) is 2.26. The van der Waals surface area contributed by atoms with Gasteiger partial charge in [0.05, 0.1) is 22.4 Å². The first-order valence-electron chi connectivity index (χ1n) is 16.2. The van der Waals surface area contributed by atoms with Gasteiger partial charge in [0.2, 0.25) is 0 Å². The predicted octanol–water partition coefficient (Wildman–Crippen LogP) is 6.95. The number of carboxylic acids is 1. The first-order valence-corrected chi connectivity index (χ1v) is 17.4. The van der Waals surface area contributed by atoms with Gasteiger partial charge in [-0.25, -0.2) is 14.8 Å². The Balaban J connectivity index is 1.28. The fourth-order valence-corrected chi connectivity index (χ4v) is 8.12. The van der Waals surface area contributed by atoms with E-state index in [-0.39, 0.29) is 0 Å². The van der Waals surface area contributed by atoms with E-state index in [1.807, 2.05) is 43.3 Å². The monoisotopic (exact) mass is 705 g/mol. The molecule has 1 saturated carbocycles. The van der Waals surface area contributed by atoms with Crippen LogP contribution < -0.4 is 14.8 Å². The predicted molar refractivity (Wildman–Crippen MR) is 189 cm³/mol. The Hall–Kier alpha value is -4.23. The van der Waals surface area contributed by atoms with Crippen molar-refractivity contribution in [2.75, 3.05) is 58.8 Å². The number of nitrogens with one attached hydrogen (secondary N) is 1. The Kier molecular flexibility index (Phi) is 9.23. The number of hydrogen-bond acceptors (Lipinski definition) is 10. The van der Waals surface area contributed by atoms with Crippen molar-refractivity contribution in [3.8, 4) is 33.3 Å². The zero-order valence-electron chi connectivity index (χ0n) is 27.5. The van der Waals surface area contributed by atoms with Crippen molar-refractivity contribution in [3.63, 3.8) is 0 Å². The third-order valence-corrected chi connectivity index (χ3v) is 11.3. The third-order valence-electron chi connectivity index (χ3n) is 9.68. The number of methoxy groups -OCH3 is 1. The maximum Gasteiger partial charge on any atom is 0.327 e. The minimum atomic E-state index is -1.03. The molecule has 0 radical (unpaired) electrons. The fourth-order valence-electron chi connectivity index (χ4n) is 6.79. The summed E-state index contributed by atoms with van der Waals surface area (Å²) in [6.07, 6.45) is 2.71. The first-order chi connectivity index (χ1) is 23.7. The van der Waals surface area contributed by atoms with Crippen molar-refractivity contribution >= 4 is 44.9 Å². The van der Waals surface area contributed by atoms with E-state index in [0.717, 1.165) is 49.4 Å². The van der Waals surface area contributed by atoms with E-state index in [0.29, 0.717) is 68.2 Å². The van der Waals surface area contributed by atoms with Gasteiger partial charge in [-0.1, -0.05) is 35.9 Å². The fraction of sp³-hybridized carbons (Fsp3) is 0.361. The molecule has 7 rings (SSSR count). The van der Waals surface area contributed by atoms with Gasteiger partial charge in [-0.15, -0.1) is 11.3 Å². The van der Waals surface area contributed by atoms with E-state index in [2.05, 4.69) is 32.1 Å². The number of furan rings is 1. The summed E-state index contributed by atoms with van der Waals surface area (Å²) < 4.78 is 31.5. The molecule has 1 aliphatic carbocycles. The van der Waals surface area contributed by atoms with Crippen molar-refractivity contribution in [3.05, 3.63) is 77.0 Å². The number of anilines is 1. The van der Waals surface area contributed by atoms with E-state index >= 15 is 0 Å². The minimum absolute atomic E-state index is 0.312. The summed E-state index contributed by atoms with van der Waals surface area (Å²) in [5.74, 6) is 0.834. The number of halogens is 2. The number of thiophene rings is 1. The number of nitrogens with zero attached hydrogens (tertiary/aromatic N) is 4. The lowest BCUT2D eigenvalue weighted by molar-refractivity contribution is -0.138. The highest BCUT2D eigenvalue weighted by Crippen LogP contribution is 2.55. The highest BCUT2D eigenvalue weighted by Gasteiger charge is 2.55. The molecule has 1 atom stereocenters. The van der Waals surface area contributed by atoms with Crippen LogP contribution in [0.2, 0.25) is 5.02 Å². The molecule has 256 valence electrons. The molecule has 2 N–H and O–H groups in total. The Morgan fingerprint density at radius 2 is 1.90 bits per heavy atom. The van der Waals surface area contributed by atoms with Crippen LogP contribution >= 0.6 is 22.9 Å². The van der Waals surface area contributed by atoms with Gasteiger partial charge >= 0.3 is 5.97 Å². The quantitative estimate of drug-likeness (QED) is 0.141. The first kappa shape index (κ1) is 33.3. The van der Waals surface area contributed by atoms with Crippen LogP contribution in [0, 0.1) is 12.9 Å². The Morgan fingerprint density at radius 3 is 2.59 bits per heavy atom. The molecule has 2 aromatic carbocycles. The second-order valence-corrected chi connectivity index (χ2v) is 14.0. The van der Waals surface area contributed by atoms with Crippen molar-refractivity contribution < 1.29 is 28.2 Å². The number of aromatic nitrogens is 2. The lowest BCUT2D eigenvalue weighted by Crippen LogP contribution is -2.45. The van der Waals surface area contributed by atoms with E-state index < -0.39 is 23.4 Å². The standard InChI is InChI=1S/C36H37ClFN5O5S/c1-21-22(8-9-25(30(21)37)47-19-18-43-16-14-42(2)15-17-43)28-29-33(39-20-40-34(29)49-31(28)26-10-11-27(38)48-26)41-32(35(44)45)36(12-13-36)23-6-4-5-7-24(23)46-3/h4-11,20,32H,12-19H2,1-3H3,(H,44,45)(H,39,40,41). The van der Waals surface area contributed by atoms with Crippen LogP contribution in [-0.2, 0) is 10.2 Å². The average Bonchev–Trinajstić information content (AvgIpc) is 3.63. The van der Waals surface area contributed by atoms with Crippen LogP contribution in [0.25, 0.3) is 32.0 Å². The van der Waals surface area contributed by atoms with Crippen molar-refractivity contribution in [1.29, 1.82) is 0 Å². The summed E-state index contributed by atoms with van der Waals surface area (Å²) in [7, 11) is 3.71. The van der Waals surface area contributed by atoms with Crippen LogP contribution in [0.5, 0.6) is 11.5 Å². The molecule has 2 aliphatic rings. The molecule has 0 spiro atoms. The molecule has 3 aromatic heterocycles. The van der Waals surface area contributed by atoms with Crippen LogP contribution in [0.3, 0.4) is 0 Å². The number of hydrogen-bond donors (Lipinski definition) is 2. The van der Waals surface area contributed by atoms with E-state index in [1.165, 1.54) is 23.7 Å². The number of fused-ring (bicyclic) bond motifs is 1. The van der Waals surface area contributed by atoms with Crippen LogP contribution in [0.4, 0.5) is 10.2 Å². The minimum Gasteiger partial charge on any atom is -0.496 e. The molecule has 0 bridgehead atoms. The van der Waals surface area contributed by atoms with Crippen molar-refractivity contribution in [1.82, 2.24) is 19.8 Å². The van der Waals surface area contributed by atoms with Crippen LogP contribution in [0.15, 0.2) is 59.3 Å². The van der Waals surface area contributed by atoms with Gasteiger partial charge in [-0.05, 0) is 56.1 Å². The topological polar surface area (TPSA) is 113 Å². The molecule has 5 aromatic rings. The van der Waals surface area contributed by atoms with Gasteiger partial charge in [-0.3, -0.25) is 4.90 Å². The normalized spacial score (nSPS) is 16.8. The maximum absolute atomic E-state index is 14.3. The molecule has 49 heavy (non-hydrogen) atoms. The molecular formula is C36H37ClFN5O5S. The van der Waals surface area contributed by atoms with Crippen molar-refractivity contribution in [2.45, 2.75) is 31.2 Å². The Morgan fingerprint density at radius 1 is 1.12 bits per heavy atom. The molecular weight excluding hydrogens is 669 g/mol. The summed E-state index contributed by atoms with van der Waals surface area (Å²) in [5, 5.41) is 15.0. The summed E-state index contributed by atoms with van der Waals surface area (Å²) in [4.78, 5) is 28.0. The van der Waals surface area contributed by atoms with Crippen LogP contribution in [-0.4, -0.2) is 90.4 Å². The number of carboxylic acid groups (broad SMARTS) is 1. The summed E-state index contributed by atoms with van der Waals surface area (Å²) in [6, 6.07) is 12.3. The highest BCUT2D eigenvalue weighted by molar-refractivity contribution is 7.22. The van der Waals surface area contributed by atoms with Crippen molar-refractivity contribution in [2.24, 2.45) is 0 Å². The van der Waals surface area contributed by atoms with Gasteiger partial charge in [0.25, 0.3) is 6.01 Å². The number of piperazine rings is 1. The number of carbonyl (C=O) groups is 1. The average molecular weight is 706 g/mol. The SMILES string of the molecule is COc1ccccc1C1(C(Nc2ncnc3sc(-c4ccc(F)o4)c(-c4ccc(OCCN5CCN(C)CC5)c(Cl)c4C)c23)C(=O)O)CC1. The summed E-state index contributed by atoms with van der Waals surface area (Å²) in [6.45, 7) is 7.23. The molecule has 4 heterocycles. The summed E-state index contributed by atoms with van der Waals surface area (Å²) >= 11 is 8.28. The van der Waals surface area contributed by atoms with E-state index in [4.69, 9.17) is 25.5 Å². The maximum atomic E-state index is 14.3. The second kappa shape index (κ2) is 13.6. The van der Waals surface area contributed by atoms with Gasteiger partial charge in [0, 0.05) is 55.3 Å². The number of likely N-dealkylation sites (N-methyl/N-ethyl adjacent to an activating group) is 1. The molecule has 2 fully saturated rings. The number of rotatable bonds is 12. The Bertz CT molecular complexity index is 2010. The smallest absolute Gasteiger partial charge is 0.327 e. The lowest BCUT2D eigenvalue weighted by Gasteiger charge is -2.32. The van der Waals surface area contributed by atoms with Gasteiger partial charge in [0.15, 0.2) is 0 Å². The van der Waals surface area contributed by atoms with Gasteiger partial charge in [-0.2, -0.15) is 4.39 Å². The molecule has 0 amide bonds. The molecule has 1 aliphatic heterocycles. The molecule has 13 heteroatoms. The highest BCUT2D eigenvalue weighted by atomic mass is 35.5. The van der Waals surface area contributed by atoms with E-state index in [1.54, 1.807) is 13.2 Å². The van der Waals surface area contributed by atoms with Gasteiger partial charge < -0.3 is 29.2 Å². The third kappa shape index (κ3) is 6.34. The van der Waals surface area contributed by atoms with Gasteiger partial charge in [0.1, 0.15) is 46.9 Å². The number of aliphatic carboxylic acids is 1. The molecule has 10 nitrogen and oxygen atoms in total. The molecule has 1 saturated heterocycles. The Labute approximate surface area is 292 Å². The zero-order valence-corrected chi connectivity index (χ0v) is 29.0. The van der Waals surface area contributed by atoms with Crippen LogP contribution in [0.1, 0.15) is 24.0 Å². The molecule has 1 unspecified atom stereocenters. The number of ether oxygens (including phenoxy) is 2. The zero-order chi connectivity index (χ0) is 34.3. The number of benzene rings is 2. The number of para-hydroxylation sites is 1. The van der Waals surface area contributed by atoms with E-state index in [9.17, 15) is 14.3 Å².